The molecule has 0 aromatic heterocycles. The van der Waals surface area contributed by atoms with Gasteiger partial charge in [0.2, 0.25) is 5.91 Å². The van der Waals surface area contributed by atoms with Crippen molar-refractivity contribution in [2.75, 3.05) is 13.7 Å². The Bertz CT molecular complexity index is 421. The maximum atomic E-state index is 11.7. The van der Waals surface area contributed by atoms with E-state index in [4.69, 9.17) is 4.74 Å². The number of phenolic OH excluding ortho intramolecular Hbond substituents is 1. The number of ether oxygens (including phenoxy) is 1. The lowest BCUT2D eigenvalue weighted by atomic mass is 10.1. The summed E-state index contributed by atoms with van der Waals surface area (Å²) in [4.78, 5) is 11.7. The second-order valence-electron chi connectivity index (χ2n) is 4.36. The first kappa shape index (κ1) is 15.3. The molecule has 3 N–H and O–H groups in total. The predicted molar refractivity (Wildman–Crippen MR) is 74.3 cm³/mol. The number of hydrogen-bond donors (Lipinski definition) is 3. The van der Waals surface area contributed by atoms with Crippen LogP contribution in [0.2, 0.25) is 0 Å². The van der Waals surface area contributed by atoms with E-state index in [2.05, 4.69) is 10.6 Å². The predicted octanol–water partition coefficient (Wildman–Crippen LogP) is 1.41. The smallest absolute Gasteiger partial charge is 0.236 e. The largest absolute Gasteiger partial charge is 0.504 e. The van der Waals surface area contributed by atoms with E-state index in [0.717, 1.165) is 6.42 Å². The number of amides is 1. The van der Waals surface area contributed by atoms with Crippen LogP contribution >= 0.6 is 0 Å². The number of phenols is 1. The highest BCUT2D eigenvalue weighted by atomic mass is 16.5. The van der Waals surface area contributed by atoms with E-state index in [1.165, 1.54) is 7.11 Å². The molecule has 1 amide bonds. The molecule has 0 saturated heterocycles. The molecule has 0 heterocycles. The van der Waals surface area contributed by atoms with E-state index in [9.17, 15) is 9.90 Å². The first-order chi connectivity index (χ1) is 9.10. The van der Waals surface area contributed by atoms with Crippen LogP contribution in [0.1, 0.15) is 25.8 Å². The zero-order valence-corrected chi connectivity index (χ0v) is 11.7. The van der Waals surface area contributed by atoms with Crippen LogP contribution in [-0.4, -0.2) is 30.7 Å². The SMILES string of the molecule is CCCNC(=O)C(C)NCc1cccc(OC)c1O. The minimum atomic E-state index is -0.308. The minimum Gasteiger partial charge on any atom is -0.504 e. The molecule has 1 aromatic carbocycles. The molecule has 0 fully saturated rings. The summed E-state index contributed by atoms with van der Waals surface area (Å²) in [5, 5.41) is 15.8. The van der Waals surface area contributed by atoms with Gasteiger partial charge in [-0.2, -0.15) is 0 Å². The van der Waals surface area contributed by atoms with Gasteiger partial charge in [0.25, 0.3) is 0 Å². The summed E-state index contributed by atoms with van der Waals surface area (Å²) >= 11 is 0. The van der Waals surface area contributed by atoms with Crippen molar-refractivity contribution in [2.24, 2.45) is 0 Å². The van der Waals surface area contributed by atoms with Crippen molar-refractivity contribution >= 4 is 5.91 Å². The normalized spacial score (nSPS) is 11.9. The van der Waals surface area contributed by atoms with E-state index in [-0.39, 0.29) is 17.7 Å². The fraction of sp³-hybridized carbons (Fsp3) is 0.500. The third kappa shape index (κ3) is 4.44. The van der Waals surface area contributed by atoms with Crippen molar-refractivity contribution in [1.82, 2.24) is 10.6 Å². The Morgan fingerprint density at radius 2 is 2.21 bits per heavy atom. The zero-order valence-electron chi connectivity index (χ0n) is 11.7. The number of para-hydroxylation sites is 1. The number of carbonyl (C=O) groups is 1. The van der Waals surface area contributed by atoms with Crippen molar-refractivity contribution in [3.63, 3.8) is 0 Å². The molecule has 0 aliphatic heterocycles. The number of nitrogens with one attached hydrogen (secondary N) is 2. The molecule has 1 rings (SSSR count). The molecule has 0 saturated carbocycles. The number of aromatic hydroxyl groups is 1. The van der Waals surface area contributed by atoms with Gasteiger partial charge in [0.05, 0.1) is 13.2 Å². The Kier molecular flexibility index (Phi) is 6.15. The van der Waals surface area contributed by atoms with Gasteiger partial charge in [-0.05, 0) is 19.4 Å². The van der Waals surface area contributed by atoms with E-state index < -0.39 is 0 Å². The summed E-state index contributed by atoms with van der Waals surface area (Å²) in [7, 11) is 1.51. The summed E-state index contributed by atoms with van der Waals surface area (Å²) in [6.45, 7) is 4.88. The number of carbonyl (C=O) groups excluding carboxylic acids is 1. The Balaban J connectivity index is 2.54. The number of methoxy groups -OCH3 is 1. The van der Waals surface area contributed by atoms with Crippen LogP contribution in [0.5, 0.6) is 11.5 Å². The minimum absolute atomic E-state index is 0.0377. The number of benzene rings is 1. The molecule has 1 aromatic rings. The standard InChI is InChI=1S/C14H22N2O3/c1-4-8-15-14(18)10(2)16-9-11-6-5-7-12(19-3)13(11)17/h5-7,10,16-17H,4,8-9H2,1-3H3,(H,15,18). The molecule has 5 nitrogen and oxygen atoms in total. The highest BCUT2D eigenvalue weighted by Gasteiger charge is 2.13. The second-order valence-corrected chi connectivity index (χ2v) is 4.36. The molecule has 19 heavy (non-hydrogen) atoms. The van der Waals surface area contributed by atoms with Gasteiger partial charge in [0.15, 0.2) is 11.5 Å². The van der Waals surface area contributed by atoms with Gasteiger partial charge in [-0.1, -0.05) is 19.1 Å². The Morgan fingerprint density at radius 3 is 2.84 bits per heavy atom. The van der Waals surface area contributed by atoms with Crippen LogP contribution in [0.25, 0.3) is 0 Å². The average Bonchev–Trinajstić information content (AvgIpc) is 2.43. The Hall–Kier alpha value is -1.75. The summed E-state index contributed by atoms with van der Waals surface area (Å²) in [6.07, 6.45) is 0.912. The van der Waals surface area contributed by atoms with Crippen LogP contribution in [0.15, 0.2) is 18.2 Å². The zero-order chi connectivity index (χ0) is 14.3. The van der Waals surface area contributed by atoms with Crippen molar-refractivity contribution in [3.05, 3.63) is 23.8 Å². The van der Waals surface area contributed by atoms with Crippen molar-refractivity contribution in [1.29, 1.82) is 0 Å². The van der Waals surface area contributed by atoms with Crippen LogP contribution < -0.4 is 15.4 Å². The van der Waals surface area contributed by atoms with Crippen molar-refractivity contribution in [2.45, 2.75) is 32.9 Å². The van der Waals surface area contributed by atoms with Crippen LogP contribution in [0.3, 0.4) is 0 Å². The lowest BCUT2D eigenvalue weighted by Crippen LogP contribution is -2.42. The third-order valence-corrected chi connectivity index (χ3v) is 2.84. The van der Waals surface area contributed by atoms with Crippen LogP contribution in [-0.2, 0) is 11.3 Å². The summed E-state index contributed by atoms with van der Waals surface area (Å²) in [5.41, 5.74) is 0.703. The van der Waals surface area contributed by atoms with Crippen LogP contribution in [0.4, 0.5) is 0 Å². The maximum Gasteiger partial charge on any atom is 0.236 e. The molecule has 1 atom stereocenters. The molecule has 1 unspecified atom stereocenters. The molecule has 0 spiro atoms. The van der Waals surface area contributed by atoms with E-state index in [1.807, 2.05) is 6.92 Å². The molecular formula is C14H22N2O3. The molecule has 106 valence electrons. The molecule has 0 aliphatic carbocycles. The summed E-state index contributed by atoms with van der Waals surface area (Å²) in [6, 6.07) is 4.98. The third-order valence-electron chi connectivity index (χ3n) is 2.84. The highest BCUT2D eigenvalue weighted by molar-refractivity contribution is 5.81. The first-order valence-electron chi connectivity index (χ1n) is 6.46. The molecular weight excluding hydrogens is 244 g/mol. The monoisotopic (exact) mass is 266 g/mol. The van der Waals surface area contributed by atoms with Crippen LogP contribution in [0, 0.1) is 0 Å². The van der Waals surface area contributed by atoms with Gasteiger partial charge in [-0.15, -0.1) is 0 Å². The average molecular weight is 266 g/mol. The molecule has 0 bridgehead atoms. The Morgan fingerprint density at radius 1 is 1.47 bits per heavy atom. The molecule has 0 aliphatic rings. The van der Waals surface area contributed by atoms with E-state index in [1.54, 1.807) is 25.1 Å². The Labute approximate surface area is 114 Å². The maximum absolute atomic E-state index is 11.7. The first-order valence-corrected chi connectivity index (χ1v) is 6.46. The fourth-order valence-electron chi connectivity index (χ4n) is 1.63. The van der Waals surface area contributed by atoms with Gasteiger partial charge in [-0.25, -0.2) is 0 Å². The lowest BCUT2D eigenvalue weighted by Gasteiger charge is -2.15. The van der Waals surface area contributed by atoms with E-state index in [0.29, 0.717) is 24.4 Å². The van der Waals surface area contributed by atoms with Gasteiger partial charge < -0.3 is 20.5 Å². The topological polar surface area (TPSA) is 70.6 Å². The van der Waals surface area contributed by atoms with Gasteiger partial charge in [0, 0.05) is 18.7 Å². The fourth-order valence-corrected chi connectivity index (χ4v) is 1.63. The lowest BCUT2D eigenvalue weighted by molar-refractivity contribution is -0.122. The molecule has 0 radical (unpaired) electrons. The second kappa shape index (κ2) is 7.63. The number of rotatable bonds is 7. The quantitative estimate of drug-likeness (QED) is 0.698. The van der Waals surface area contributed by atoms with Crippen molar-refractivity contribution < 1.29 is 14.6 Å². The molecule has 5 heteroatoms. The summed E-state index contributed by atoms with van der Waals surface area (Å²) in [5.74, 6) is 0.505. The van der Waals surface area contributed by atoms with E-state index >= 15 is 0 Å². The number of hydrogen-bond acceptors (Lipinski definition) is 4. The highest BCUT2D eigenvalue weighted by Crippen LogP contribution is 2.29. The summed E-state index contributed by atoms with van der Waals surface area (Å²) < 4.78 is 5.04. The van der Waals surface area contributed by atoms with Gasteiger partial charge in [0.1, 0.15) is 0 Å². The van der Waals surface area contributed by atoms with Gasteiger partial charge in [-0.3, -0.25) is 4.79 Å². The van der Waals surface area contributed by atoms with Crippen molar-refractivity contribution in [3.8, 4) is 11.5 Å². The van der Waals surface area contributed by atoms with Gasteiger partial charge >= 0.3 is 0 Å².